The van der Waals surface area contributed by atoms with E-state index in [9.17, 15) is 8.42 Å². The zero-order valence-electron chi connectivity index (χ0n) is 27.4. The second-order valence-corrected chi connectivity index (χ2v) is 15.5. The highest BCUT2D eigenvalue weighted by molar-refractivity contribution is 7.99. The lowest BCUT2D eigenvalue weighted by molar-refractivity contribution is 0.144. The number of aryl methyl sites for hydroxylation is 1. The van der Waals surface area contributed by atoms with Gasteiger partial charge in [-0.05, 0) is 87.3 Å². The first-order valence-corrected chi connectivity index (χ1v) is 18.7. The van der Waals surface area contributed by atoms with Crippen molar-refractivity contribution in [1.82, 2.24) is 30.0 Å². The van der Waals surface area contributed by atoms with Gasteiger partial charge in [-0.25, -0.2) is 18.4 Å². The van der Waals surface area contributed by atoms with Gasteiger partial charge >= 0.3 is 0 Å². The Morgan fingerprint density at radius 1 is 0.979 bits per heavy atom. The third-order valence-corrected chi connectivity index (χ3v) is 11.5. The smallest absolute Gasteiger partial charge is 0.204 e. The van der Waals surface area contributed by atoms with Gasteiger partial charge in [0.1, 0.15) is 0 Å². The fraction of sp³-hybridized carbons (Fsp3) is 0.441. The van der Waals surface area contributed by atoms with E-state index in [4.69, 9.17) is 14.7 Å². The molecule has 2 aliphatic heterocycles. The molecule has 250 valence electrons. The van der Waals surface area contributed by atoms with Crippen molar-refractivity contribution in [1.29, 1.82) is 0 Å². The number of hydrogen-bond acceptors (Lipinski definition) is 11. The Morgan fingerprint density at radius 2 is 1.70 bits per heavy atom. The van der Waals surface area contributed by atoms with Crippen molar-refractivity contribution in [3.05, 3.63) is 71.9 Å². The molecule has 0 unspecified atom stereocenters. The number of likely N-dealkylation sites (N-methyl/N-ethyl adjacent to an activating group) is 1. The van der Waals surface area contributed by atoms with E-state index in [2.05, 4.69) is 37.3 Å². The molecular weight excluding hydrogens is 633 g/mol. The largest absolute Gasteiger partial charge is 0.490 e. The van der Waals surface area contributed by atoms with Crippen molar-refractivity contribution < 1.29 is 13.2 Å². The van der Waals surface area contributed by atoms with Crippen molar-refractivity contribution in [2.75, 3.05) is 70.2 Å². The van der Waals surface area contributed by atoms with Crippen LogP contribution < -0.4 is 15.0 Å². The number of aromatic nitrogens is 4. The molecule has 0 amide bonds. The topological polar surface area (TPSA) is 120 Å². The number of aromatic amines is 1. The van der Waals surface area contributed by atoms with E-state index >= 15 is 0 Å². The molecule has 2 aliphatic rings. The van der Waals surface area contributed by atoms with Gasteiger partial charge in [-0.15, -0.1) is 0 Å². The van der Waals surface area contributed by atoms with Gasteiger partial charge < -0.3 is 24.8 Å². The van der Waals surface area contributed by atoms with Crippen LogP contribution in [0.4, 0.5) is 17.5 Å². The Bertz CT molecular complexity index is 1720. The highest BCUT2D eigenvalue weighted by atomic mass is 32.2. The van der Waals surface area contributed by atoms with Gasteiger partial charge in [0.15, 0.2) is 32.4 Å². The van der Waals surface area contributed by atoms with E-state index in [0.717, 1.165) is 74.1 Å². The molecule has 2 N–H and O–H groups in total. The summed E-state index contributed by atoms with van der Waals surface area (Å²) in [6, 6.07) is 18.1. The second-order valence-electron chi connectivity index (χ2n) is 12.5. The Balaban J connectivity index is 1.18. The predicted octanol–water partition coefficient (Wildman–Crippen LogP) is 5.24. The highest BCUT2D eigenvalue weighted by Gasteiger charge is 2.27. The number of H-pyrrole nitrogens is 1. The Hall–Kier alpha value is -3.65. The first-order chi connectivity index (χ1) is 22.8. The summed E-state index contributed by atoms with van der Waals surface area (Å²) >= 11 is 1.39. The van der Waals surface area contributed by atoms with Crippen molar-refractivity contribution in [2.45, 2.75) is 46.9 Å². The van der Waals surface area contributed by atoms with Crippen LogP contribution in [0, 0.1) is 12.8 Å². The number of piperazine rings is 1. The molecule has 0 bridgehead atoms. The van der Waals surface area contributed by atoms with Crippen LogP contribution in [-0.4, -0.2) is 98.4 Å². The van der Waals surface area contributed by atoms with Crippen LogP contribution in [0.15, 0.2) is 75.6 Å². The Labute approximate surface area is 282 Å². The lowest BCUT2D eigenvalue weighted by atomic mass is 9.93. The number of benzene rings is 2. The molecule has 4 aromatic rings. The van der Waals surface area contributed by atoms with Crippen LogP contribution in [-0.2, 0) is 15.6 Å². The van der Waals surface area contributed by atoms with E-state index in [1.807, 2.05) is 55.5 Å². The van der Waals surface area contributed by atoms with E-state index in [-0.39, 0.29) is 10.6 Å². The number of nitrogens with zero attached hydrogens (tertiary/aromatic N) is 6. The summed E-state index contributed by atoms with van der Waals surface area (Å²) in [6.07, 6.45) is 3.43. The number of rotatable bonds is 12. The van der Waals surface area contributed by atoms with Gasteiger partial charge in [0, 0.05) is 55.9 Å². The first-order valence-electron chi connectivity index (χ1n) is 16.2. The highest BCUT2D eigenvalue weighted by Crippen LogP contribution is 2.39. The average Bonchev–Trinajstić information content (AvgIpc) is 3.49. The number of ether oxygens (including phenoxy) is 1. The van der Waals surface area contributed by atoms with Crippen LogP contribution >= 0.6 is 11.8 Å². The lowest BCUT2D eigenvalue weighted by Gasteiger charge is -2.36. The molecule has 0 spiro atoms. The van der Waals surface area contributed by atoms with Crippen LogP contribution in [0.1, 0.15) is 30.5 Å². The van der Waals surface area contributed by atoms with Crippen LogP contribution in [0.5, 0.6) is 5.75 Å². The minimum absolute atomic E-state index is 0.0421. The maximum atomic E-state index is 13.1. The number of piperidine rings is 1. The number of methoxy groups -OCH3 is 1. The van der Waals surface area contributed by atoms with Gasteiger partial charge in [-0.2, -0.15) is 5.10 Å². The summed E-state index contributed by atoms with van der Waals surface area (Å²) in [5, 5.41) is 11.2. The maximum Gasteiger partial charge on any atom is 0.204 e. The number of sulfone groups is 1. The van der Waals surface area contributed by atoms with Crippen LogP contribution in [0.25, 0.3) is 0 Å². The minimum atomic E-state index is -3.48. The molecule has 11 nitrogen and oxygen atoms in total. The summed E-state index contributed by atoms with van der Waals surface area (Å²) in [5.74, 6) is 3.14. The van der Waals surface area contributed by atoms with Crippen LogP contribution in [0.2, 0.25) is 0 Å². The third-order valence-electron chi connectivity index (χ3n) is 8.94. The Morgan fingerprint density at radius 3 is 2.36 bits per heavy atom. The molecule has 2 fully saturated rings. The van der Waals surface area contributed by atoms with E-state index < -0.39 is 9.84 Å². The fourth-order valence-corrected chi connectivity index (χ4v) is 8.22. The quantitative estimate of drug-likeness (QED) is 0.192. The molecule has 4 heterocycles. The molecule has 6 rings (SSSR count). The zero-order valence-corrected chi connectivity index (χ0v) is 29.0. The van der Waals surface area contributed by atoms with Crippen LogP contribution in [0.3, 0.4) is 0 Å². The summed E-state index contributed by atoms with van der Waals surface area (Å²) in [7, 11) is 0.368. The molecule has 2 aromatic heterocycles. The van der Waals surface area contributed by atoms with Crippen molar-refractivity contribution >= 4 is 39.1 Å². The molecule has 2 aromatic carbocycles. The van der Waals surface area contributed by atoms with Gasteiger partial charge in [-0.1, -0.05) is 30.3 Å². The monoisotopic (exact) mass is 676 g/mol. The fourth-order valence-electron chi connectivity index (χ4n) is 6.12. The van der Waals surface area contributed by atoms with Gasteiger partial charge in [0.05, 0.1) is 17.8 Å². The maximum absolute atomic E-state index is 13.1. The van der Waals surface area contributed by atoms with Gasteiger partial charge in [0.2, 0.25) is 5.75 Å². The van der Waals surface area contributed by atoms with Crippen molar-refractivity contribution in [3.63, 3.8) is 0 Å². The summed E-state index contributed by atoms with van der Waals surface area (Å²) in [6.45, 7) is 9.51. The number of nitrogens with one attached hydrogen (secondary N) is 2. The minimum Gasteiger partial charge on any atom is -0.490 e. The zero-order chi connectivity index (χ0) is 32.8. The second kappa shape index (κ2) is 15.1. The molecular formula is C34H44N8O3S2. The molecule has 0 aliphatic carbocycles. The molecule has 13 heteroatoms. The van der Waals surface area contributed by atoms with E-state index in [1.165, 1.54) is 24.7 Å². The molecule has 0 radical (unpaired) electrons. The molecule has 0 saturated carbocycles. The molecule has 47 heavy (non-hydrogen) atoms. The third kappa shape index (κ3) is 8.64. The number of hydrogen-bond donors (Lipinski definition) is 2. The van der Waals surface area contributed by atoms with Crippen molar-refractivity contribution in [2.24, 2.45) is 5.92 Å². The summed E-state index contributed by atoms with van der Waals surface area (Å²) in [4.78, 5) is 18.3. The first kappa shape index (κ1) is 33.3. The predicted molar refractivity (Wildman–Crippen MR) is 187 cm³/mol. The summed E-state index contributed by atoms with van der Waals surface area (Å²) in [5.41, 5.74) is 1.69. The lowest BCUT2D eigenvalue weighted by Crippen LogP contribution is -2.45. The number of anilines is 3. The molecule has 0 atom stereocenters. The van der Waals surface area contributed by atoms with E-state index in [1.54, 1.807) is 19.2 Å². The van der Waals surface area contributed by atoms with Gasteiger partial charge in [0.25, 0.3) is 0 Å². The SMILES string of the molecule is COc1c(Nc2cc(C)[nH]n2)nc(Sc2ccc(S(=O)(=O)Cc3ccccc3)cc2)nc1N1CCC(CCN2CCN(C)CC2)CC1. The standard InChI is InChI=1S/C34H44N8O3S2/c1-25-23-30(39-38-25)35-32-31(45-3)33(42-17-14-26(15-18-42)13-16-41-21-19-40(2)20-22-41)37-34(36-32)46-28-9-11-29(12-10-28)47(43,44)24-27-7-5-4-6-8-27/h4-12,23,26H,13-22,24H2,1-3H3,(H2,35,36,37,38,39). The average molecular weight is 677 g/mol. The molecule has 2 saturated heterocycles. The van der Waals surface area contributed by atoms with Crippen molar-refractivity contribution in [3.8, 4) is 5.75 Å². The summed E-state index contributed by atoms with van der Waals surface area (Å²) < 4.78 is 32.1. The van der Waals surface area contributed by atoms with Gasteiger partial charge in [-0.3, -0.25) is 5.10 Å². The Kier molecular flexibility index (Phi) is 10.7. The van der Waals surface area contributed by atoms with E-state index in [0.29, 0.717) is 28.5 Å². The normalized spacial score (nSPS) is 16.8.